The summed E-state index contributed by atoms with van der Waals surface area (Å²) in [7, 11) is 1.53. The minimum atomic E-state index is -0.146. The predicted octanol–water partition coefficient (Wildman–Crippen LogP) is 4.56. The van der Waals surface area contributed by atoms with Crippen molar-refractivity contribution in [2.24, 2.45) is 5.92 Å². The topological polar surface area (TPSA) is 76.4 Å². The Morgan fingerprint density at radius 1 is 1.11 bits per heavy atom. The van der Waals surface area contributed by atoms with Crippen LogP contribution in [0.15, 0.2) is 12.1 Å². The standard InChI is InChI=1S/C21H32ClN3O2.ClH/c1-27-20-12-19(23)18(22)11-17(20)21(26)25-16-9-7-15(8-10-16)24-13-14-5-3-2-4-6-14;/h11-12,14-16,24H,2-10,13,23H2,1H3,(H,25,26);1H. The van der Waals surface area contributed by atoms with Crippen molar-refractivity contribution < 1.29 is 9.53 Å². The third-order valence-electron chi connectivity index (χ3n) is 6.05. The lowest BCUT2D eigenvalue weighted by Gasteiger charge is -2.31. The highest BCUT2D eigenvalue weighted by Gasteiger charge is 2.25. The number of methoxy groups -OCH3 is 1. The van der Waals surface area contributed by atoms with Gasteiger partial charge in [0.05, 0.1) is 23.4 Å². The molecule has 0 aliphatic heterocycles. The summed E-state index contributed by atoms with van der Waals surface area (Å²) in [5.41, 5.74) is 6.65. The summed E-state index contributed by atoms with van der Waals surface area (Å²) in [6, 6.07) is 3.97. The van der Waals surface area contributed by atoms with Gasteiger partial charge in [-0.2, -0.15) is 0 Å². The van der Waals surface area contributed by atoms with Gasteiger partial charge in [0.25, 0.3) is 5.91 Å². The molecule has 7 heteroatoms. The number of nitrogens with one attached hydrogen (secondary N) is 2. The molecule has 2 saturated carbocycles. The Kier molecular flexibility index (Phi) is 9.19. The SMILES string of the molecule is COc1cc(N)c(Cl)cc1C(=O)NC1CCC(NCC2CCCCC2)CC1.Cl. The van der Waals surface area contributed by atoms with Crippen LogP contribution in [-0.4, -0.2) is 31.6 Å². The first-order valence-electron chi connectivity index (χ1n) is 10.2. The summed E-state index contributed by atoms with van der Waals surface area (Å²) in [5.74, 6) is 1.17. The summed E-state index contributed by atoms with van der Waals surface area (Å²) in [6.07, 6.45) is 11.2. The molecule has 158 valence electrons. The van der Waals surface area contributed by atoms with Crippen molar-refractivity contribution in [3.63, 3.8) is 0 Å². The first kappa shape index (κ1) is 23.1. The molecule has 0 aromatic heterocycles. The van der Waals surface area contributed by atoms with Crippen LogP contribution in [0.4, 0.5) is 5.69 Å². The zero-order chi connectivity index (χ0) is 19.2. The lowest BCUT2D eigenvalue weighted by Crippen LogP contribution is -2.43. The molecule has 0 radical (unpaired) electrons. The molecule has 2 aliphatic carbocycles. The van der Waals surface area contributed by atoms with Crippen molar-refractivity contribution in [2.75, 3.05) is 19.4 Å². The Balaban J connectivity index is 0.00000280. The van der Waals surface area contributed by atoms with Crippen molar-refractivity contribution in [3.05, 3.63) is 22.7 Å². The van der Waals surface area contributed by atoms with Crippen LogP contribution >= 0.6 is 24.0 Å². The minimum absolute atomic E-state index is 0. The van der Waals surface area contributed by atoms with Crippen molar-refractivity contribution in [2.45, 2.75) is 69.9 Å². The van der Waals surface area contributed by atoms with Crippen LogP contribution < -0.4 is 21.1 Å². The van der Waals surface area contributed by atoms with E-state index in [4.69, 9.17) is 22.1 Å². The Labute approximate surface area is 179 Å². The number of halogens is 2. The van der Waals surface area contributed by atoms with Gasteiger partial charge in [0, 0.05) is 18.2 Å². The fourth-order valence-electron chi connectivity index (χ4n) is 4.35. The van der Waals surface area contributed by atoms with Crippen LogP contribution in [0.3, 0.4) is 0 Å². The van der Waals surface area contributed by atoms with E-state index in [2.05, 4.69) is 10.6 Å². The van der Waals surface area contributed by atoms with Gasteiger partial charge in [-0.25, -0.2) is 0 Å². The number of carbonyl (C=O) groups is 1. The smallest absolute Gasteiger partial charge is 0.255 e. The van der Waals surface area contributed by atoms with E-state index < -0.39 is 0 Å². The molecule has 0 atom stereocenters. The van der Waals surface area contributed by atoms with Crippen molar-refractivity contribution in [1.29, 1.82) is 0 Å². The first-order chi connectivity index (χ1) is 13.1. The fraction of sp³-hybridized carbons (Fsp3) is 0.667. The van der Waals surface area contributed by atoms with Crippen LogP contribution in [0, 0.1) is 5.92 Å². The predicted molar refractivity (Wildman–Crippen MR) is 118 cm³/mol. The summed E-state index contributed by atoms with van der Waals surface area (Å²) in [5, 5.41) is 7.27. The molecule has 3 rings (SSSR count). The molecule has 0 saturated heterocycles. The number of carbonyl (C=O) groups excluding carboxylic acids is 1. The van der Waals surface area contributed by atoms with Gasteiger partial charge in [-0.05, 0) is 57.1 Å². The molecule has 1 aromatic carbocycles. The summed E-state index contributed by atoms with van der Waals surface area (Å²) < 4.78 is 5.29. The molecule has 1 aromatic rings. The minimum Gasteiger partial charge on any atom is -0.496 e. The summed E-state index contributed by atoms with van der Waals surface area (Å²) >= 11 is 6.08. The highest BCUT2D eigenvalue weighted by Crippen LogP contribution is 2.29. The average molecular weight is 430 g/mol. The molecule has 0 spiro atoms. The molecule has 0 bridgehead atoms. The van der Waals surface area contributed by atoms with Gasteiger partial charge in [0.2, 0.25) is 0 Å². The van der Waals surface area contributed by atoms with Gasteiger partial charge < -0.3 is 21.1 Å². The second-order valence-corrected chi connectivity index (χ2v) is 8.42. The summed E-state index contributed by atoms with van der Waals surface area (Å²) in [4.78, 5) is 12.7. The van der Waals surface area contributed by atoms with E-state index in [-0.39, 0.29) is 24.4 Å². The van der Waals surface area contributed by atoms with E-state index in [0.717, 1.165) is 38.1 Å². The van der Waals surface area contributed by atoms with Crippen molar-refractivity contribution in [1.82, 2.24) is 10.6 Å². The Morgan fingerprint density at radius 3 is 2.39 bits per heavy atom. The summed E-state index contributed by atoms with van der Waals surface area (Å²) in [6.45, 7) is 1.16. The van der Waals surface area contributed by atoms with Crippen molar-refractivity contribution in [3.8, 4) is 5.75 Å². The molecule has 0 unspecified atom stereocenters. The number of nitrogens with two attached hydrogens (primary N) is 1. The van der Waals surface area contributed by atoms with Crippen LogP contribution in [0.1, 0.15) is 68.1 Å². The largest absolute Gasteiger partial charge is 0.496 e. The van der Waals surface area contributed by atoms with E-state index >= 15 is 0 Å². The maximum absolute atomic E-state index is 12.7. The van der Waals surface area contributed by atoms with E-state index in [1.807, 2.05) is 0 Å². The number of rotatable bonds is 6. The molecule has 2 aliphatic rings. The van der Waals surface area contributed by atoms with Crippen LogP contribution in [0.25, 0.3) is 0 Å². The average Bonchev–Trinajstić information content (AvgIpc) is 2.70. The Hall–Kier alpha value is -1.17. The fourth-order valence-corrected chi connectivity index (χ4v) is 4.51. The Bertz CT molecular complexity index is 643. The van der Waals surface area contributed by atoms with Gasteiger partial charge in [0.1, 0.15) is 5.75 Å². The van der Waals surface area contributed by atoms with Crippen LogP contribution in [-0.2, 0) is 0 Å². The second-order valence-electron chi connectivity index (χ2n) is 8.01. The van der Waals surface area contributed by atoms with E-state index in [9.17, 15) is 4.79 Å². The number of ether oxygens (including phenoxy) is 1. The van der Waals surface area contributed by atoms with Crippen molar-refractivity contribution >= 4 is 35.6 Å². The molecular formula is C21H33Cl2N3O2. The van der Waals surface area contributed by atoms with E-state index in [0.29, 0.717) is 28.1 Å². The highest BCUT2D eigenvalue weighted by molar-refractivity contribution is 6.33. The molecule has 0 heterocycles. The lowest BCUT2D eigenvalue weighted by atomic mass is 9.87. The number of benzene rings is 1. The third-order valence-corrected chi connectivity index (χ3v) is 6.37. The second kappa shape index (κ2) is 11.1. The van der Waals surface area contributed by atoms with Gasteiger partial charge in [0.15, 0.2) is 0 Å². The van der Waals surface area contributed by atoms with Gasteiger partial charge >= 0.3 is 0 Å². The van der Waals surface area contributed by atoms with Gasteiger partial charge in [-0.15, -0.1) is 12.4 Å². The van der Waals surface area contributed by atoms with Crippen LogP contribution in [0.2, 0.25) is 5.02 Å². The lowest BCUT2D eigenvalue weighted by molar-refractivity contribution is 0.0921. The van der Waals surface area contributed by atoms with Gasteiger partial charge in [-0.1, -0.05) is 30.9 Å². The molecule has 2 fully saturated rings. The maximum Gasteiger partial charge on any atom is 0.255 e. The number of anilines is 1. The monoisotopic (exact) mass is 429 g/mol. The number of hydrogen-bond donors (Lipinski definition) is 3. The van der Waals surface area contributed by atoms with E-state index in [1.165, 1.54) is 39.2 Å². The first-order valence-corrected chi connectivity index (χ1v) is 10.6. The quantitative estimate of drug-likeness (QED) is 0.578. The number of hydrogen-bond acceptors (Lipinski definition) is 4. The molecule has 4 N–H and O–H groups in total. The molecule has 28 heavy (non-hydrogen) atoms. The maximum atomic E-state index is 12.7. The molecule has 5 nitrogen and oxygen atoms in total. The third kappa shape index (κ3) is 6.16. The highest BCUT2D eigenvalue weighted by atomic mass is 35.5. The normalized spacial score (nSPS) is 22.9. The number of amides is 1. The molecular weight excluding hydrogens is 397 g/mol. The zero-order valence-electron chi connectivity index (χ0n) is 16.6. The van der Waals surface area contributed by atoms with E-state index in [1.54, 1.807) is 12.1 Å². The Morgan fingerprint density at radius 2 is 1.75 bits per heavy atom. The van der Waals surface area contributed by atoms with Gasteiger partial charge in [-0.3, -0.25) is 4.79 Å². The zero-order valence-corrected chi connectivity index (χ0v) is 18.2. The number of nitrogen functional groups attached to an aromatic ring is 1. The molecule has 1 amide bonds. The van der Waals surface area contributed by atoms with Crippen LogP contribution in [0.5, 0.6) is 5.75 Å².